The van der Waals surface area contributed by atoms with E-state index in [0.29, 0.717) is 45.1 Å². The van der Waals surface area contributed by atoms with Gasteiger partial charge >= 0.3 is 18.3 Å². The molecule has 0 saturated heterocycles. The molecule has 19 heteroatoms. The first-order chi connectivity index (χ1) is 30.9. The zero-order chi connectivity index (χ0) is 50.0. The minimum atomic E-state index is -4.61. The third-order valence-corrected chi connectivity index (χ3v) is 20.1. The van der Waals surface area contributed by atoms with Gasteiger partial charge < -0.3 is 14.3 Å². The third kappa shape index (κ3) is 13.6. The largest absolute Gasteiger partial charge is 0.543 e. The Bertz CT molecular complexity index is 2740. The first-order valence-corrected chi connectivity index (χ1v) is 27.1. The molecule has 4 aromatic carbocycles. The third-order valence-electron chi connectivity index (χ3n) is 10.9. The number of aliphatic carboxylic acids is 1. The first-order valence-electron chi connectivity index (χ1n) is 20.6. The average molecular weight is 1030 g/mol. The smallest absolute Gasteiger partial charge is 0.416 e. The number of benzene rings is 4. The molecule has 2 heterocycles. The van der Waals surface area contributed by atoms with Crippen molar-refractivity contribution in [1.29, 1.82) is 0 Å². The molecule has 1 N–H and O–H groups in total. The number of thioether (sulfide) groups is 2. The van der Waals surface area contributed by atoms with Gasteiger partial charge in [-0.05, 0) is 144 Å². The zero-order valence-corrected chi connectivity index (χ0v) is 42.8. The van der Waals surface area contributed by atoms with Crippen LogP contribution < -0.4 is 9.16 Å². The van der Waals surface area contributed by atoms with Gasteiger partial charge in [-0.3, -0.25) is 0 Å². The summed E-state index contributed by atoms with van der Waals surface area (Å²) in [4.78, 5) is 23.9. The van der Waals surface area contributed by atoms with Crippen molar-refractivity contribution in [3.63, 3.8) is 0 Å². The molecule has 0 aliphatic carbocycles. The molecular formula is C48H50F8N2O4S4Si. The molecule has 0 bridgehead atoms. The zero-order valence-electron chi connectivity index (χ0n) is 38.6. The molecule has 360 valence electrons. The van der Waals surface area contributed by atoms with Crippen LogP contribution in [0.5, 0.6) is 11.5 Å². The molecule has 0 aliphatic rings. The van der Waals surface area contributed by atoms with Gasteiger partial charge in [0.1, 0.15) is 33.1 Å². The van der Waals surface area contributed by atoms with Crippen molar-refractivity contribution in [2.75, 3.05) is 0 Å². The quantitative estimate of drug-likeness (QED) is 0.0696. The van der Waals surface area contributed by atoms with Crippen molar-refractivity contribution >= 4 is 60.5 Å². The van der Waals surface area contributed by atoms with E-state index in [4.69, 9.17) is 9.16 Å². The number of aromatic nitrogens is 2. The maximum atomic E-state index is 14.4. The van der Waals surface area contributed by atoms with Crippen LogP contribution in [-0.2, 0) is 28.7 Å². The molecule has 0 spiro atoms. The van der Waals surface area contributed by atoms with Crippen molar-refractivity contribution in [2.24, 2.45) is 0 Å². The lowest BCUT2D eigenvalue weighted by atomic mass is 10.1. The number of carboxylic acids is 1. The molecule has 0 atom stereocenters. The second kappa shape index (κ2) is 20.7. The molecule has 0 amide bonds. The summed E-state index contributed by atoms with van der Waals surface area (Å²) in [5.74, 6) is -0.407. The second-order valence-corrected chi connectivity index (χ2v) is 26.6. The number of nitrogens with zero attached hydrogens (tertiary/aromatic N) is 2. The number of hydrogen-bond acceptors (Lipinski definition) is 9. The van der Waals surface area contributed by atoms with Crippen LogP contribution in [0.2, 0.25) is 18.1 Å². The van der Waals surface area contributed by atoms with E-state index in [1.54, 1.807) is 24.8 Å². The fourth-order valence-corrected chi connectivity index (χ4v) is 11.3. The summed E-state index contributed by atoms with van der Waals surface area (Å²) in [7, 11) is -1.93. The van der Waals surface area contributed by atoms with Crippen molar-refractivity contribution in [1.82, 2.24) is 9.97 Å². The summed E-state index contributed by atoms with van der Waals surface area (Å²) in [5.41, 5.74) is 0.000236. The van der Waals surface area contributed by atoms with Crippen LogP contribution in [0.4, 0.5) is 35.1 Å². The van der Waals surface area contributed by atoms with E-state index in [0.717, 1.165) is 66.4 Å². The van der Waals surface area contributed by atoms with Crippen LogP contribution in [0.3, 0.4) is 0 Å². The molecule has 0 unspecified atom stereocenters. The van der Waals surface area contributed by atoms with Crippen LogP contribution in [0.25, 0.3) is 21.1 Å². The molecule has 2 aromatic heterocycles. The Kier molecular flexibility index (Phi) is 16.5. The standard InChI is InChI=1S/C25H29F4NOS2Si.C23H21F4NO3S2/c1-15-12-18(9-11-21(15)31-34(6,7)24(3,4)5)32-14-22-16(2)30-23(33-22)19-10-8-17(13-20(19)26)25(27,28)29;1-12-9-15(6-8-18(12)31-22(3,4)21(29)30)32-11-19-13(2)28-20(33-19)16-7-5-14(10-17(16)24)23(25,26)27/h8-13H,14H2,1-7H3;5-10H,11H2,1-4H3,(H,29,30). The lowest BCUT2D eigenvalue weighted by molar-refractivity contribution is -0.152. The molecule has 0 fully saturated rings. The predicted octanol–water partition coefficient (Wildman–Crippen LogP) is 16.4. The van der Waals surface area contributed by atoms with E-state index in [2.05, 4.69) is 49.9 Å². The number of ether oxygens (including phenoxy) is 1. The fourth-order valence-electron chi connectivity index (χ4n) is 5.78. The highest BCUT2D eigenvalue weighted by molar-refractivity contribution is 7.99. The highest BCUT2D eigenvalue weighted by atomic mass is 32.2. The van der Waals surface area contributed by atoms with Gasteiger partial charge in [-0.15, -0.1) is 46.2 Å². The Labute approximate surface area is 402 Å². The Morgan fingerprint density at radius 1 is 0.642 bits per heavy atom. The van der Waals surface area contributed by atoms with E-state index in [9.17, 15) is 45.0 Å². The number of carbonyl (C=O) groups is 1. The van der Waals surface area contributed by atoms with Crippen molar-refractivity contribution < 1.29 is 54.2 Å². The van der Waals surface area contributed by atoms with Gasteiger partial charge in [0.15, 0.2) is 5.60 Å². The Morgan fingerprint density at radius 3 is 1.39 bits per heavy atom. The maximum absolute atomic E-state index is 14.4. The molecule has 0 aliphatic heterocycles. The molecule has 6 rings (SSSR count). The number of alkyl halides is 6. The van der Waals surface area contributed by atoms with E-state index >= 15 is 0 Å². The van der Waals surface area contributed by atoms with Crippen LogP contribution in [0, 0.1) is 39.3 Å². The van der Waals surface area contributed by atoms with E-state index in [-0.39, 0.29) is 16.2 Å². The van der Waals surface area contributed by atoms with Gasteiger partial charge in [0.05, 0.1) is 22.5 Å². The van der Waals surface area contributed by atoms with Crippen LogP contribution in [0.15, 0.2) is 82.6 Å². The first kappa shape index (κ1) is 53.5. The second-order valence-electron chi connectivity index (χ2n) is 17.7. The van der Waals surface area contributed by atoms with Gasteiger partial charge in [0, 0.05) is 42.2 Å². The topological polar surface area (TPSA) is 81.5 Å². The predicted molar refractivity (Wildman–Crippen MR) is 256 cm³/mol. The van der Waals surface area contributed by atoms with Gasteiger partial charge in [0.2, 0.25) is 8.32 Å². The lowest BCUT2D eigenvalue weighted by Crippen LogP contribution is -2.44. The molecule has 67 heavy (non-hydrogen) atoms. The lowest BCUT2D eigenvalue weighted by Gasteiger charge is -2.37. The van der Waals surface area contributed by atoms with Crippen LogP contribution in [-0.4, -0.2) is 35.0 Å². The SMILES string of the molecule is Cc1cc(SCc2sc(-c3ccc(C(F)(F)F)cc3F)nc2C)ccc1OC(C)(C)C(=O)O.Cc1cc(SCc2sc(-c3ccc(C(F)(F)F)cc3F)nc2C)ccc1O[Si](C)(C)C(C)(C)C. The van der Waals surface area contributed by atoms with Gasteiger partial charge in [-0.1, -0.05) is 20.8 Å². The molecule has 0 saturated carbocycles. The summed E-state index contributed by atoms with van der Waals surface area (Å²) < 4.78 is 118. The van der Waals surface area contributed by atoms with Gasteiger partial charge in [-0.25, -0.2) is 23.5 Å². The summed E-state index contributed by atoms with van der Waals surface area (Å²) in [5, 5.41) is 10.0. The van der Waals surface area contributed by atoms with Crippen molar-refractivity contribution in [3.8, 4) is 32.6 Å². The number of aryl methyl sites for hydroxylation is 4. The normalized spacial score (nSPS) is 12.5. The Morgan fingerprint density at radius 2 is 1.04 bits per heavy atom. The maximum Gasteiger partial charge on any atom is 0.416 e. The number of rotatable bonds is 13. The van der Waals surface area contributed by atoms with Crippen molar-refractivity contribution in [2.45, 2.75) is 120 Å². The monoisotopic (exact) mass is 1030 g/mol. The highest BCUT2D eigenvalue weighted by Gasteiger charge is 2.39. The number of hydrogen-bond donors (Lipinski definition) is 1. The molecule has 6 aromatic rings. The Balaban J connectivity index is 0.000000251. The number of halogens is 8. The van der Waals surface area contributed by atoms with E-state index in [1.807, 2.05) is 45.0 Å². The van der Waals surface area contributed by atoms with Crippen LogP contribution in [0.1, 0.15) is 78.0 Å². The average Bonchev–Trinajstić information content (AvgIpc) is 3.77. The molecular weight excluding hydrogens is 977 g/mol. The van der Waals surface area contributed by atoms with E-state index in [1.165, 1.54) is 48.3 Å². The molecule has 6 nitrogen and oxygen atoms in total. The number of thiazole rings is 2. The minimum absolute atomic E-state index is 0.0331. The fraction of sp³-hybridized carbons (Fsp3) is 0.354. The summed E-state index contributed by atoms with van der Waals surface area (Å²) in [6.45, 7) is 21.5. The van der Waals surface area contributed by atoms with Crippen LogP contribution >= 0.6 is 46.2 Å². The highest BCUT2D eigenvalue weighted by Crippen LogP contribution is 2.41. The summed E-state index contributed by atoms with van der Waals surface area (Å²) >= 11 is 5.69. The van der Waals surface area contributed by atoms with Crippen molar-refractivity contribution in [3.05, 3.63) is 128 Å². The van der Waals surface area contributed by atoms with Gasteiger partial charge in [-0.2, -0.15) is 26.3 Å². The molecule has 0 radical (unpaired) electrons. The van der Waals surface area contributed by atoms with E-state index < -0.39 is 55.0 Å². The number of carboxylic acid groups (broad SMARTS) is 1. The Hall–Kier alpha value is -4.43. The summed E-state index contributed by atoms with van der Waals surface area (Å²) in [6, 6.07) is 16.6. The minimum Gasteiger partial charge on any atom is -0.543 e. The summed E-state index contributed by atoms with van der Waals surface area (Å²) in [6.07, 6.45) is -9.19. The van der Waals surface area contributed by atoms with Gasteiger partial charge in [0.25, 0.3) is 0 Å².